The van der Waals surface area contributed by atoms with Gasteiger partial charge in [0.15, 0.2) is 0 Å². The van der Waals surface area contributed by atoms with E-state index >= 15 is 0 Å². The molecule has 2 heterocycles. The van der Waals surface area contributed by atoms with Gasteiger partial charge in [-0.05, 0) is 162 Å². The van der Waals surface area contributed by atoms with Gasteiger partial charge >= 0.3 is 0 Å². The summed E-state index contributed by atoms with van der Waals surface area (Å²) in [7, 11) is 0. The molecule has 2 aromatic heterocycles. The first-order chi connectivity index (χ1) is 33.5. The molecule has 310 valence electrons. The number of benzene rings is 11. The third-order valence-electron chi connectivity index (χ3n) is 13.8. The number of aromatic nitrogens is 2. The number of nitrogens with zero attached hydrogens (tertiary/aromatic N) is 6. The molecule has 0 unspecified atom stereocenters. The van der Waals surface area contributed by atoms with Crippen molar-refractivity contribution in [1.82, 2.24) is 9.13 Å². The van der Waals surface area contributed by atoms with Crippen molar-refractivity contribution in [3.63, 3.8) is 0 Å². The molecule has 0 saturated heterocycles. The van der Waals surface area contributed by atoms with Crippen LogP contribution in [0, 0.1) is 45.3 Å². The van der Waals surface area contributed by atoms with Gasteiger partial charge in [0.05, 0.1) is 68.6 Å². The highest BCUT2D eigenvalue weighted by Crippen LogP contribution is 2.49. The van der Waals surface area contributed by atoms with E-state index in [0.29, 0.717) is 22.3 Å². The van der Waals surface area contributed by atoms with Gasteiger partial charge in [-0.3, -0.25) is 0 Å². The van der Waals surface area contributed by atoms with E-state index in [9.17, 15) is 21.0 Å². The van der Waals surface area contributed by atoms with Crippen LogP contribution in [0.1, 0.15) is 22.3 Å². The van der Waals surface area contributed by atoms with Crippen molar-refractivity contribution in [2.45, 2.75) is 0 Å². The SMILES string of the molecule is N#Cc1ccc2c(c1)c1cc(C#N)ccc1n2-c1ccc2c(-c3cccc4ccccc34)c3cc(-n4c5ccc(C#N)cc5c5cc(C#N)ccc54)ccc3c(-c3cccc4ccccc34)c2c1. The van der Waals surface area contributed by atoms with Crippen molar-refractivity contribution in [2.24, 2.45) is 0 Å². The van der Waals surface area contributed by atoms with Crippen LogP contribution in [0.2, 0.25) is 0 Å². The van der Waals surface area contributed by atoms with Crippen LogP contribution in [0.3, 0.4) is 0 Å². The van der Waals surface area contributed by atoms with E-state index < -0.39 is 0 Å². The average molecular weight is 861 g/mol. The molecular formula is C62H32N6. The van der Waals surface area contributed by atoms with Crippen LogP contribution in [-0.4, -0.2) is 9.13 Å². The van der Waals surface area contributed by atoms with Gasteiger partial charge in [-0.25, -0.2) is 0 Å². The van der Waals surface area contributed by atoms with E-state index in [1.807, 2.05) is 72.8 Å². The Kier molecular flexibility index (Phi) is 8.36. The standard InChI is InChI=1S/C62H32N6/c63-33-37-15-23-57-51(27-37)52-28-38(34-64)16-24-58(52)67(57)43-20-22-50-55(31-43)61(47-13-5-9-41-7-1-3-11-45(41)47)49-21-19-44(32-56(49)62(50)48-14-6-10-42-8-2-4-12-46(42)48)68-59-25-17-39(35-65)29-53(59)54-30-40(36-66)18-26-60(54)68/h1-32H. The third-order valence-corrected chi connectivity index (χ3v) is 13.8. The summed E-state index contributed by atoms with van der Waals surface area (Å²) < 4.78 is 4.50. The van der Waals surface area contributed by atoms with Crippen LogP contribution in [0.5, 0.6) is 0 Å². The summed E-state index contributed by atoms with van der Waals surface area (Å²) in [5.41, 5.74) is 12.3. The Bertz CT molecular complexity index is 4110. The van der Waals surface area contributed by atoms with Crippen molar-refractivity contribution in [1.29, 1.82) is 21.0 Å². The van der Waals surface area contributed by atoms with E-state index in [0.717, 1.165) is 120 Å². The number of fused-ring (bicyclic) bond motifs is 10. The predicted molar refractivity (Wildman–Crippen MR) is 275 cm³/mol. The molecule has 0 N–H and O–H groups in total. The van der Waals surface area contributed by atoms with Crippen LogP contribution in [0.4, 0.5) is 0 Å². The molecule has 0 aliphatic carbocycles. The van der Waals surface area contributed by atoms with Gasteiger partial charge in [0, 0.05) is 32.9 Å². The van der Waals surface area contributed by atoms with Gasteiger partial charge < -0.3 is 9.13 Å². The lowest BCUT2D eigenvalue weighted by molar-refractivity contribution is 1.18. The van der Waals surface area contributed by atoms with Crippen molar-refractivity contribution < 1.29 is 0 Å². The topological polar surface area (TPSA) is 105 Å². The largest absolute Gasteiger partial charge is 0.309 e. The zero-order valence-electron chi connectivity index (χ0n) is 36.2. The lowest BCUT2D eigenvalue weighted by Crippen LogP contribution is -1.99. The van der Waals surface area contributed by atoms with Crippen LogP contribution >= 0.6 is 0 Å². The van der Waals surface area contributed by atoms with Crippen LogP contribution < -0.4 is 0 Å². The Hall–Kier alpha value is -9.98. The number of rotatable bonds is 4. The molecule has 6 nitrogen and oxygen atoms in total. The summed E-state index contributed by atoms with van der Waals surface area (Å²) in [5, 5.41) is 52.4. The maximum absolute atomic E-state index is 9.97. The lowest BCUT2D eigenvalue weighted by Gasteiger charge is -2.22. The monoisotopic (exact) mass is 860 g/mol. The molecule has 13 aromatic rings. The van der Waals surface area contributed by atoms with Crippen molar-refractivity contribution in [2.75, 3.05) is 0 Å². The second kappa shape index (κ2) is 14.8. The van der Waals surface area contributed by atoms with Gasteiger partial charge in [-0.15, -0.1) is 0 Å². The summed E-state index contributed by atoms with van der Waals surface area (Å²) in [5.74, 6) is 0. The fourth-order valence-corrected chi connectivity index (χ4v) is 10.8. The minimum atomic E-state index is 0.556. The van der Waals surface area contributed by atoms with E-state index in [4.69, 9.17) is 0 Å². The highest BCUT2D eigenvalue weighted by molar-refractivity contribution is 6.26. The van der Waals surface area contributed by atoms with Crippen molar-refractivity contribution in [3.05, 3.63) is 216 Å². The fourth-order valence-electron chi connectivity index (χ4n) is 10.8. The average Bonchev–Trinajstić information content (AvgIpc) is 3.90. The molecule has 0 atom stereocenters. The Morgan fingerprint density at radius 1 is 0.265 bits per heavy atom. The zero-order chi connectivity index (χ0) is 45.6. The molecule has 0 spiro atoms. The summed E-state index contributed by atoms with van der Waals surface area (Å²) >= 11 is 0. The number of hydrogen-bond donors (Lipinski definition) is 0. The molecule has 0 amide bonds. The van der Waals surface area contributed by atoms with Gasteiger partial charge in [0.25, 0.3) is 0 Å². The second-order valence-corrected chi connectivity index (χ2v) is 17.3. The van der Waals surface area contributed by atoms with Crippen LogP contribution in [-0.2, 0) is 0 Å². The van der Waals surface area contributed by atoms with Crippen LogP contribution in [0.15, 0.2) is 194 Å². The molecule has 0 radical (unpaired) electrons. The maximum atomic E-state index is 9.97. The lowest BCUT2D eigenvalue weighted by atomic mass is 9.83. The Morgan fingerprint density at radius 3 is 0.956 bits per heavy atom. The zero-order valence-corrected chi connectivity index (χ0v) is 36.2. The molecule has 0 aliphatic heterocycles. The first-order valence-corrected chi connectivity index (χ1v) is 22.3. The molecular weight excluding hydrogens is 829 g/mol. The second-order valence-electron chi connectivity index (χ2n) is 17.3. The smallest absolute Gasteiger partial charge is 0.0991 e. The number of nitriles is 4. The minimum Gasteiger partial charge on any atom is -0.309 e. The number of hydrogen-bond acceptors (Lipinski definition) is 4. The molecule has 68 heavy (non-hydrogen) atoms. The van der Waals surface area contributed by atoms with Gasteiger partial charge in [-0.2, -0.15) is 21.0 Å². The predicted octanol–water partition coefficient (Wildman–Crippen LogP) is 15.3. The van der Waals surface area contributed by atoms with Crippen LogP contribution in [0.25, 0.3) is 120 Å². The third kappa shape index (κ3) is 5.60. The molecule has 0 fully saturated rings. The molecule has 0 aliphatic rings. The van der Waals surface area contributed by atoms with E-state index in [2.05, 4.69) is 155 Å². The minimum absolute atomic E-state index is 0.556. The maximum Gasteiger partial charge on any atom is 0.0991 e. The molecule has 13 rings (SSSR count). The summed E-state index contributed by atoms with van der Waals surface area (Å²) in [6, 6.07) is 76.2. The Balaban J connectivity index is 1.21. The molecule has 0 saturated carbocycles. The quantitative estimate of drug-likeness (QED) is 0.164. The van der Waals surface area contributed by atoms with E-state index in [-0.39, 0.29) is 0 Å². The normalized spacial score (nSPS) is 11.5. The van der Waals surface area contributed by atoms with Gasteiger partial charge in [0.1, 0.15) is 0 Å². The molecule has 6 heteroatoms. The molecule has 0 bridgehead atoms. The summed E-state index contributed by atoms with van der Waals surface area (Å²) in [6.07, 6.45) is 0. The van der Waals surface area contributed by atoms with E-state index in [1.54, 1.807) is 0 Å². The Morgan fingerprint density at radius 2 is 0.603 bits per heavy atom. The highest BCUT2D eigenvalue weighted by atomic mass is 15.0. The van der Waals surface area contributed by atoms with Gasteiger partial charge in [0.2, 0.25) is 0 Å². The summed E-state index contributed by atoms with van der Waals surface area (Å²) in [4.78, 5) is 0. The fraction of sp³-hybridized carbons (Fsp3) is 0. The van der Waals surface area contributed by atoms with Gasteiger partial charge in [-0.1, -0.05) is 97.1 Å². The first kappa shape index (κ1) is 38.5. The molecule has 11 aromatic carbocycles. The van der Waals surface area contributed by atoms with E-state index in [1.165, 1.54) is 0 Å². The first-order valence-electron chi connectivity index (χ1n) is 22.3. The highest BCUT2D eigenvalue weighted by Gasteiger charge is 2.23. The van der Waals surface area contributed by atoms with Crippen molar-refractivity contribution in [3.8, 4) is 57.9 Å². The van der Waals surface area contributed by atoms with Crippen molar-refractivity contribution >= 4 is 86.7 Å². The summed E-state index contributed by atoms with van der Waals surface area (Å²) in [6.45, 7) is 0. The Labute approximate surface area is 389 Å².